The Balaban J connectivity index is 1.57. The van der Waals surface area contributed by atoms with Crippen molar-refractivity contribution in [3.05, 3.63) is 65.7 Å². The summed E-state index contributed by atoms with van der Waals surface area (Å²) in [6.45, 7) is 2.58. The first-order chi connectivity index (χ1) is 12.1. The molecule has 0 aliphatic heterocycles. The van der Waals surface area contributed by atoms with Crippen LogP contribution in [0.5, 0.6) is 5.75 Å². The largest absolute Gasteiger partial charge is 0.489 e. The van der Waals surface area contributed by atoms with Gasteiger partial charge in [0.05, 0.1) is 12.1 Å². The number of ether oxygens (including phenoxy) is 1. The predicted octanol–water partition coefficient (Wildman–Crippen LogP) is 3.54. The molecule has 4 heteroatoms. The predicted molar refractivity (Wildman–Crippen MR) is 97.5 cm³/mol. The molecule has 1 saturated carbocycles. The van der Waals surface area contributed by atoms with Crippen molar-refractivity contribution in [2.45, 2.75) is 44.9 Å². The van der Waals surface area contributed by atoms with Crippen LogP contribution in [0.15, 0.2) is 54.6 Å². The lowest BCUT2D eigenvalue weighted by Gasteiger charge is -2.34. The Kier molecular flexibility index (Phi) is 5.71. The Hall–Kier alpha value is -2.33. The molecule has 0 spiro atoms. The molecule has 1 aliphatic carbocycles. The molecule has 3 unspecified atom stereocenters. The Bertz CT molecular complexity index is 674. The zero-order chi connectivity index (χ0) is 17.6. The van der Waals surface area contributed by atoms with Gasteiger partial charge in [-0.15, -0.1) is 0 Å². The third kappa shape index (κ3) is 4.60. The number of aliphatic hydroxyl groups excluding tert-OH is 1. The van der Waals surface area contributed by atoms with Crippen molar-refractivity contribution in [3.8, 4) is 5.75 Å². The van der Waals surface area contributed by atoms with Gasteiger partial charge in [0.15, 0.2) is 0 Å². The second kappa shape index (κ2) is 8.17. The highest BCUT2D eigenvalue weighted by Crippen LogP contribution is 2.25. The number of benzene rings is 2. The van der Waals surface area contributed by atoms with E-state index in [4.69, 9.17) is 4.74 Å². The summed E-state index contributed by atoms with van der Waals surface area (Å²) in [5, 5.41) is 13.1. The Labute approximate surface area is 148 Å². The van der Waals surface area contributed by atoms with Crippen LogP contribution >= 0.6 is 0 Å². The van der Waals surface area contributed by atoms with E-state index in [9.17, 15) is 9.90 Å². The van der Waals surface area contributed by atoms with Crippen LogP contribution in [-0.2, 0) is 6.61 Å². The van der Waals surface area contributed by atoms with Gasteiger partial charge < -0.3 is 15.2 Å². The number of hydrogen-bond donors (Lipinski definition) is 2. The molecule has 1 fully saturated rings. The monoisotopic (exact) mass is 339 g/mol. The van der Waals surface area contributed by atoms with E-state index in [0.717, 1.165) is 30.6 Å². The molecule has 0 bridgehead atoms. The fourth-order valence-corrected chi connectivity index (χ4v) is 3.30. The average molecular weight is 339 g/mol. The van der Waals surface area contributed by atoms with Gasteiger partial charge in [0.25, 0.3) is 5.91 Å². The third-order valence-electron chi connectivity index (χ3n) is 4.85. The van der Waals surface area contributed by atoms with Crippen molar-refractivity contribution < 1.29 is 14.6 Å². The summed E-state index contributed by atoms with van der Waals surface area (Å²) >= 11 is 0. The highest BCUT2D eigenvalue weighted by molar-refractivity contribution is 5.94. The molecule has 0 radical (unpaired) electrons. The molecule has 2 aromatic carbocycles. The number of carbonyl (C=O) groups is 1. The van der Waals surface area contributed by atoms with E-state index in [1.165, 1.54) is 0 Å². The number of hydrogen-bond acceptors (Lipinski definition) is 3. The summed E-state index contributed by atoms with van der Waals surface area (Å²) in [5.41, 5.74) is 1.68. The van der Waals surface area contributed by atoms with Crippen LogP contribution in [-0.4, -0.2) is 23.2 Å². The van der Waals surface area contributed by atoms with Gasteiger partial charge in [0.1, 0.15) is 12.4 Å². The van der Waals surface area contributed by atoms with Crippen molar-refractivity contribution in [2.24, 2.45) is 5.92 Å². The number of rotatable bonds is 5. The minimum atomic E-state index is -0.457. The van der Waals surface area contributed by atoms with Gasteiger partial charge in [-0.1, -0.05) is 43.7 Å². The molecular formula is C21H25NO3. The second-order valence-corrected chi connectivity index (χ2v) is 6.77. The fourth-order valence-electron chi connectivity index (χ4n) is 3.30. The maximum Gasteiger partial charge on any atom is 0.251 e. The van der Waals surface area contributed by atoms with Gasteiger partial charge in [-0.25, -0.2) is 0 Å². The van der Waals surface area contributed by atoms with Crippen LogP contribution in [0.1, 0.15) is 42.1 Å². The van der Waals surface area contributed by atoms with Gasteiger partial charge in [0, 0.05) is 5.56 Å². The third-order valence-corrected chi connectivity index (χ3v) is 4.85. The van der Waals surface area contributed by atoms with Crippen molar-refractivity contribution in [1.82, 2.24) is 5.32 Å². The molecule has 2 aromatic rings. The van der Waals surface area contributed by atoms with E-state index < -0.39 is 6.10 Å². The number of amides is 1. The molecule has 3 rings (SSSR count). The molecule has 25 heavy (non-hydrogen) atoms. The SMILES string of the molecule is CC1CCCC(O)C1NC(=O)c1ccc(OCc2ccccc2)cc1. The van der Waals surface area contributed by atoms with Crippen LogP contribution in [0.2, 0.25) is 0 Å². The minimum Gasteiger partial charge on any atom is -0.489 e. The number of aliphatic hydroxyl groups is 1. The van der Waals surface area contributed by atoms with Crippen LogP contribution in [0, 0.1) is 5.92 Å². The van der Waals surface area contributed by atoms with E-state index in [-0.39, 0.29) is 11.9 Å². The van der Waals surface area contributed by atoms with Crippen molar-refractivity contribution >= 4 is 5.91 Å². The molecule has 4 nitrogen and oxygen atoms in total. The number of nitrogens with one attached hydrogen (secondary N) is 1. The summed E-state index contributed by atoms with van der Waals surface area (Å²) in [4.78, 5) is 12.4. The highest BCUT2D eigenvalue weighted by atomic mass is 16.5. The summed E-state index contributed by atoms with van der Waals surface area (Å²) < 4.78 is 5.74. The van der Waals surface area contributed by atoms with Gasteiger partial charge in [-0.3, -0.25) is 4.79 Å². The van der Waals surface area contributed by atoms with Crippen LogP contribution < -0.4 is 10.1 Å². The number of carbonyl (C=O) groups excluding carboxylic acids is 1. The average Bonchev–Trinajstić information content (AvgIpc) is 2.64. The summed E-state index contributed by atoms with van der Waals surface area (Å²) in [6.07, 6.45) is 2.35. The zero-order valence-corrected chi connectivity index (χ0v) is 14.5. The molecule has 1 amide bonds. The highest BCUT2D eigenvalue weighted by Gasteiger charge is 2.30. The molecular weight excluding hydrogens is 314 g/mol. The molecule has 132 valence electrons. The van der Waals surface area contributed by atoms with Crippen molar-refractivity contribution in [3.63, 3.8) is 0 Å². The van der Waals surface area contributed by atoms with E-state index in [2.05, 4.69) is 12.2 Å². The summed E-state index contributed by atoms with van der Waals surface area (Å²) in [6, 6.07) is 16.9. The maximum atomic E-state index is 12.4. The van der Waals surface area contributed by atoms with Gasteiger partial charge in [-0.2, -0.15) is 0 Å². The lowest BCUT2D eigenvalue weighted by molar-refractivity contribution is 0.0544. The first kappa shape index (κ1) is 17.5. The topological polar surface area (TPSA) is 58.6 Å². The Morgan fingerprint density at radius 3 is 2.52 bits per heavy atom. The normalized spacial score (nSPS) is 23.0. The second-order valence-electron chi connectivity index (χ2n) is 6.77. The van der Waals surface area contributed by atoms with Crippen LogP contribution in [0.4, 0.5) is 0 Å². The lowest BCUT2D eigenvalue weighted by Crippen LogP contribution is -2.49. The molecule has 2 N–H and O–H groups in total. The summed E-state index contributed by atoms with van der Waals surface area (Å²) in [7, 11) is 0. The van der Waals surface area contributed by atoms with Gasteiger partial charge >= 0.3 is 0 Å². The van der Waals surface area contributed by atoms with E-state index in [1.807, 2.05) is 30.3 Å². The van der Waals surface area contributed by atoms with Gasteiger partial charge in [-0.05, 0) is 48.6 Å². The maximum absolute atomic E-state index is 12.4. The Morgan fingerprint density at radius 1 is 1.12 bits per heavy atom. The van der Waals surface area contributed by atoms with Crippen molar-refractivity contribution in [2.75, 3.05) is 0 Å². The molecule has 0 aromatic heterocycles. The Morgan fingerprint density at radius 2 is 1.84 bits per heavy atom. The van der Waals surface area contributed by atoms with E-state index >= 15 is 0 Å². The first-order valence-corrected chi connectivity index (χ1v) is 8.89. The molecule has 0 heterocycles. The van der Waals surface area contributed by atoms with Gasteiger partial charge in [0.2, 0.25) is 0 Å². The molecule has 0 saturated heterocycles. The first-order valence-electron chi connectivity index (χ1n) is 8.89. The van der Waals surface area contributed by atoms with Crippen LogP contribution in [0.25, 0.3) is 0 Å². The smallest absolute Gasteiger partial charge is 0.251 e. The molecule has 1 aliphatic rings. The minimum absolute atomic E-state index is 0.146. The van der Waals surface area contributed by atoms with Crippen molar-refractivity contribution in [1.29, 1.82) is 0 Å². The standard InChI is InChI=1S/C21H25NO3/c1-15-6-5-9-19(23)20(15)22-21(24)17-10-12-18(13-11-17)25-14-16-7-3-2-4-8-16/h2-4,7-8,10-13,15,19-20,23H,5-6,9,14H2,1H3,(H,22,24). The fraction of sp³-hybridized carbons (Fsp3) is 0.381. The molecule has 3 atom stereocenters. The van der Waals surface area contributed by atoms with Crippen LogP contribution in [0.3, 0.4) is 0 Å². The van der Waals surface area contributed by atoms with E-state index in [0.29, 0.717) is 18.1 Å². The lowest BCUT2D eigenvalue weighted by atomic mass is 9.83. The summed E-state index contributed by atoms with van der Waals surface area (Å²) in [5.74, 6) is 0.875. The quantitative estimate of drug-likeness (QED) is 0.876. The van der Waals surface area contributed by atoms with E-state index in [1.54, 1.807) is 24.3 Å². The zero-order valence-electron chi connectivity index (χ0n) is 14.5.